The first-order chi connectivity index (χ1) is 0. The molecule has 346 valence electrons. The Morgan fingerprint density at radius 3 is 0.0652 bits per heavy atom. The van der Waals surface area contributed by atoms with Crippen molar-refractivity contribution in [3.8, 4) is 0 Å². The molecule has 46 heteroatoms. The molecule has 0 aliphatic heterocycles. The molecule has 46 heavy (non-hydrogen) atoms. The van der Waals surface area contributed by atoms with Crippen molar-refractivity contribution in [1.29, 1.82) is 0 Å². The molecule has 0 spiro atoms. The predicted molar refractivity (Wildman–Crippen MR) is 133 cm³/mol. The molecule has 35 nitrogen and oxygen atoms in total. The van der Waals surface area contributed by atoms with Gasteiger partial charge in [-0.15, -0.1) is 0 Å². The zero-order valence-corrected chi connectivity index (χ0v) is 54.6. The van der Waals surface area contributed by atoms with Crippen LogP contribution in [0.25, 0.3) is 0 Å². The third kappa shape index (κ3) is 3190. The summed E-state index contributed by atoms with van der Waals surface area (Å²) in [6, 6.07) is 0. The van der Waals surface area contributed by atoms with Gasteiger partial charge < -0.3 is 192 Å². The van der Waals surface area contributed by atoms with Crippen LogP contribution in [-0.4, -0.2) is 164 Å². The standard InChI is InChI=1S/35H2O.11W/h35*1H2;;;;;;;;;;;/p+5. The Morgan fingerprint density at radius 2 is 0.0652 bits per heavy atom. The minimum absolute atomic E-state index is 0. The number of rotatable bonds is 0. The molecular weight excluding hydrogens is 2580 g/mol. The zero-order chi connectivity index (χ0) is 0. The minimum atomic E-state index is 0. The fraction of sp³-hybridized carbons (Fsp3) is 0. The Balaban J connectivity index is 0. The Hall–Kier alpha value is 6.17. The van der Waals surface area contributed by atoms with Crippen LogP contribution in [0.2, 0.25) is 0 Å². The maximum absolute atomic E-state index is 0. The van der Waals surface area contributed by atoms with Gasteiger partial charge in [0.05, 0.1) is 0 Å². The van der Waals surface area contributed by atoms with E-state index in [0.717, 1.165) is 0 Å². The third-order valence-electron chi connectivity index (χ3n) is 0. The van der Waals surface area contributed by atoms with Gasteiger partial charge in [0.25, 0.3) is 0 Å². The maximum Gasteiger partial charge on any atom is 0 e. The third-order valence-corrected chi connectivity index (χ3v) is 0. The van der Waals surface area contributed by atoms with Crippen LogP contribution in [0.1, 0.15) is 0 Å². The van der Waals surface area contributed by atoms with Crippen LogP contribution in [0, 0.1) is 0 Å². The predicted octanol–water partition coefficient (Wildman–Crippen LogP) is -29.4. The van der Waals surface area contributed by atoms with Gasteiger partial charge in [0.1, 0.15) is 0 Å². The summed E-state index contributed by atoms with van der Waals surface area (Å²) in [5.41, 5.74) is 0. The summed E-state index contributed by atoms with van der Waals surface area (Å²) in [5.74, 6) is 0. The molecule has 75 N–H and O–H groups in total. The normalized spacial score (nSPS) is 0. The van der Waals surface area contributed by atoms with E-state index in [0.29, 0.717) is 0 Å². The first-order valence-corrected chi connectivity index (χ1v) is 0. The first kappa shape index (κ1) is 3590. The minimum Gasteiger partial charge on any atom is -0.457 e. The van der Waals surface area contributed by atoms with Crippen molar-refractivity contribution in [2.45, 2.75) is 0 Å². The molecule has 0 amide bonds. The Labute approximate surface area is 417 Å². The molecule has 0 bridgehead atoms. The van der Waals surface area contributed by atoms with Crippen LogP contribution in [0.5, 0.6) is 0 Å². The van der Waals surface area contributed by atoms with Gasteiger partial charge >= 0.3 is 0 Å². The van der Waals surface area contributed by atoms with E-state index < -0.39 is 0 Å². The molecular formula is H75O35W11+5. The molecule has 0 aromatic heterocycles. The van der Waals surface area contributed by atoms with E-state index in [1.165, 1.54) is 0 Å². The summed E-state index contributed by atoms with van der Waals surface area (Å²) in [4.78, 5) is 0. The quantitative estimate of drug-likeness (QED) is 0.204. The van der Waals surface area contributed by atoms with Crippen LogP contribution < -0.4 is 0 Å². The molecule has 0 saturated carbocycles. The van der Waals surface area contributed by atoms with E-state index in [2.05, 4.69) is 0 Å². The maximum atomic E-state index is 0. The Morgan fingerprint density at radius 1 is 0.0652 bits per heavy atom. The van der Waals surface area contributed by atoms with Crippen molar-refractivity contribution < 1.29 is 423 Å². The average Bonchev–Trinajstić information content (AvgIpc) is 0. The molecule has 0 rings (SSSR count). The van der Waals surface area contributed by atoms with Crippen molar-refractivity contribution in [3.63, 3.8) is 0 Å². The molecule has 0 aromatic rings. The second-order valence-electron chi connectivity index (χ2n) is 0. The molecule has 0 fully saturated rings. The van der Waals surface area contributed by atoms with Gasteiger partial charge in [0.2, 0.25) is 0 Å². The van der Waals surface area contributed by atoms with Gasteiger partial charge in [-0.1, -0.05) is 0 Å². The summed E-state index contributed by atoms with van der Waals surface area (Å²) in [6.07, 6.45) is 0. The molecule has 0 saturated heterocycles. The summed E-state index contributed by atoms with van der Waals surface area (Å²) in [6.45, 7) is 0. The van der Waals surface area contributed by atoms with Crippen molar-refractivity contribution in [2.75, 3.05) is 0 Å². The second-order valence-corrected chi connectivity index (χ2v) is 0. The Bertz CT molecular complexity index is 36.5. The van der Waals surface area contributed by atoms with Gasteiger partial charge in [0, 0.05) is 232 Å². The largest absolute Gasteiger partial charge is 0.457 e. The summed E-state index contributed by atoms with van der Waals surface area (Å²) in [5, 5.41) is 0. The fourth-order valence-corrected chi connectivity index (χ4v) is 0. The van der Waals surface area contributed by atoms with Gasteiger partial charge in [-0.3, -0.25) is 0 Å². The van der Waals surface area contributed by atoms with Gasteiger partial charge in [-0.2, -0.15) is 0 Å². The van der Waals surface area contributed by atoms with E-state index in [1.807, 2.05) is 0 Å². The molecule has 0 aliphatic rings. The summed E-state index contributed by atoms with van der Waals surface area (Å²) >= 11 is 0. The molecule has 0 aromatic carbocycles. The number of hydrogen-bond acceptors (Lipinski definition) is 0. The summed E-state index contributed by atoms with van der Waals surface area (Å²) < 4.78 is 0. The van der Waals surface area contributed by atoms with E-state index in [-0.39, 0.29) is 423 Å². The van der Waals surface area contributed by atoms with Crippen molar-refractivity contribution >= 4 is 0 Å². The fourth-order valence-electron chi connectivity index (χ4n) is 0. The van der Waals surface area contributed by atoms with Gasteiger partial charge in [0.15, 0.2) is 0 Å². The van der Waals surface area contributed by atoms with E-state index in [9.17, 15) is 0 Å². The van der Waals surface area contributed by atoms with E-state index >= 15 is 0 Å². The van der Waals surface area contributed by atoms with Crippen molar-refractivity contribution in [3.05, 3.63) is 0 Å². The van der Waals surface area contributed by atoms with Gasteiger partial charge in [-0.25, -0.2) is 0 Å². The van der Waals surface area contributed by atoms with Crippen LogP contribution in [0.3, 0.4) is 0 Å². The first-order valence-electron chi connectivity index (χ1n) is 0. The van der Waals surface area contributed by atoms with E-state index in [4.69, 9.17) is 0 Å². The number of hydrogen-bond donors (Lipinski definition) is 0. The van der Waals surface area contributed by atoms with Gasteiger partial charge in [-0.05, 0) is 0 Å². The molecule has 0 radical (unpaired) electrons. The SMILES string of the molecule is O.O.O.O.O.O.O.O.O.O.O.O.O.O.O.O.O.O.O.O.O.O.O.O.O.O.O.O.O.O.[OH3+].[OH3+].[OH3+].[OH3+].[OH3+].[W].[W].[W].[W].[W].[W].[W].[W].[W].[W].[W]. The Kier molecular flexibility index (Phi) is 264000. The van der Waals surface area contributed by atoms with Crippen LogP contribution >= 0.6 is 0 Å². The topological polar surface area (TPSA) is 1110 Å². The van der Waals surface area contributed by atoms with E-state index in [1.54, 1.807) is 0 Å². The average molecular weight is 2660 g/mol. The monoisotopic (exact) mass is 2660 g/mol. The van der Waals surface area contributed by atoms with Crippen LogP contribution in [0.4, 0.5) is 0 Å². The molecule has 0 aliphatic carbocycles. The molecule has 0 heterocycles. The molecule has 0 unspecified atom stereocenters. The van der Waals surface area contributed by atoms with Crippen LogP contribution in [0.15, 0.2) is 0 Å². The molecule has 0 atom stereocenters. The van der Waals surface area contributed by atoms with Crippen molar-refractivity contribution in [1.82, 2.24) is 0 Å². The second kappa shape index (κ2) is 3380. The van der Waals surface area contributed by atoms with Crippen LogP contribution in [-0.2, 0) is 259 Å². The smallest absolute Gasteiger partial charge is 0 e. The zero-order valence-electron chi connectivity index (χ0n) is 22.4. The summed E-state index contributed by atoms with van der Waals surface area (Å²) in [7, 11) is 0. The van der Waals surface area contributed by atoms with Crippen molar-refractivity contribution in [2.24, 2.45) is 0 Å².